The lowest BCUT2D eigenvalue weighted by Crippen LogP contribution is -2.10. The Morgan fingerprint density at radius 3 is 2.62 bits per heavy atom. The number of hydrogen-bond donors (Lipinski definition) is 1. The summed E-state index contributed by atoms with van der Waals surface area (Å²) in [5, 5.41) is 11.0. The third-order valence-electron chi connectivity index (χ3n) is 2.63. The zero-order valence-corrected chi connectivity index (χ0v) is 11.1. The lowest BCUT2D eigenvalue weighted by atomic mass is 10.1. The Morgan fingerprint density at radius 2 is 2.00 bits per heavy atom. The fourth-order valence-corrected chi connectivity index (χ4v) is 1.63. The maximum absolute atomic E-state index is 11.9. The molecule has 5 heteroatoms. The zero-order chi connectivity index (χ0) is 15.1. The third-order valence-corrected chi connectivity index (χ3v) is 2.63. The van der Waals surface area contributed by atoms with E-state index in [1.807, 2.05) is 0 Å². The zero-order valence-electron chi connectivity index (χ0n) is 11.1. The molecule has 0 aliphatic carbocycles. The fourth-order valence-electron chi connectivity index (χ4n) is 1.63. The van der Waals surface area contributed by atoms with E-state index in [4.69, 9.17) is 9.68 Å². The molecule has 0 saturated heterocycles. The van der Waals surface area contributed by atoms with Gasteiger partial charge in [-0.15, -0.1) is 0 Å². The molecule has 0 fully saturated rings. The van der Waals surface area contributed by atoms with Crippen LogP contribution in [0.4, 0.5) is 5.69 Å². The SMILES string of the molecule is N#CCC(=O)Nc1ccc(C(=O)/C=C/c2ccco2)cc1. The fraction of sp³-hybridized carbons (Fsp3) is 0.0625. The molecule has 1 N–H and O–H groups in total. The molecule has 0 radical (unpaired) electrons. The van der Waals surface area contributed by atoms with Crippen molar-refractivity contribution in [2.24, 2.45) is 0 Å². The number of benzene rings is 1. The topological polar surface area (TPSA) is 83.1 Å². The summed E-state index contributed by atoms with van der Waals surface area (Å²) in [4.78, 5) is 23.2. The van der Waals surface area contributed by atoms with Crippen molar-refractivity contribution >= 4 is 23.5 Å². The van der Waals surface area contributed by atoms with E-state index in [9.17, 15) is 9.59 Å². The normalized spacial score (nSPS) is 10.2. The summed E-state index contributed by atoms with van der Waals surface area (Å²) in [6.45, 7) is 0. The number of anilines is 1. The number of hydrogen-bond acceptors (Lipinski definition) is 4. The summed E-state index contributed by atoms with van der Waals surface area (Å²) >= 11 is 0. The van der Waals surface area contributed by atoms with Crippen molar-refractivity contribution in [3.63, 3.8) is 0 Å². The van der Waals surface area contributed by atoms with Gasteiger partial charge >= 0.3 is 0 Å². The number of amides is 1. The molecule has 0 unspecified atom stereocenters. The average molecular weight is 280 g/mol. The Bertz CT molecular complexity index is 692. The molecule has 21 heavy (non-hydrogen) atoms. The first-order valence-corrected chi connectivity index (χ1v) is 6.22. The largest absolute Gasteiger partial charge is 0.465 e. The number of ketones is 1. The first kappa shape index (κ1) is 14.3. The molecule has 0 aliphatic heterocycles. The second kappa shape index (κ2) is 6.87. The van der Waals surface area contributed by atoms with Crippen LogP contribution in [0.3, 0.4) is 0 Å². The number of carbonyl (C=O) groups excluding carboxylic acids is 2. The molecule has 2 aromatic rings. The van der Waals surface area contributed by atoms with Crippen LogP contribution in [-0.2, 0) is 4.79 Å². The van der Waals surface area contributed by atoms with Gasteiger partial charge in [-0.2, -0.15) is 5.26 Å². The number of nitriles is 1. The maximum atomic E-state index is 11.9. The van der Waals surface area contributed by atoms with Crippen molar-refractivity contribution < 1.29 is 14.0 Å². The molecule has 1 heterocycles. The first-order chi connectivity index (χ1) is 10.2. The van der Waals surface area contributed by atoms with Crippen molar-refractivity contribution in [1.29, 1.82) is 5.26 Å². The van der Waals surface area contributed by atoms with E-state index in [0.29, 0.717) is 17.0 Å². The molecule has 2 rings (SSSR count). The maximum Gasteiger partial charge on any atom is 0.238 e. The molecule has 0 atom stereocenters. The Hall–Kier alpha value is -3.13. The number of carbonyl (C=O) groups is 2. The predicted octanol–water partition coefficient (Wildman–Crippen LogP) is 3.03. The minimum Gasteiger partial charge on any atom is -0.465 e. The van der Waals surface area contributed by atoms with Gasteiger partial charge in [0.05, 0.1) is 12.3 Å². The molecular weight excluding hydrogens is 268 g/mol. The molecule has 0 spiro atoms. The Kier molecular flexibility index (Phi) is 4.67. The molecule has 0 aliphatic rings. The van der Waals surface area contributed by atoms with E-state index in [1.54, 1.807) is 48.5 Å². The van der Waals surface area contributed by atoms with Gasteiger partial charge in [-0.25, -0.2) is 0 Å². The van der Waals surface area contributed by atoms with E-state index in [1.165, 1.54) is 12.3 Å². The molecule has 0 bridgehead atoms. The Morgan fingerprint density at radius 1 is 1.24 bits per heavy atom. The molecule has 0 saturated carbocycles. The molecule has 1 amide bonds. The van der Waals surface area contributed by atoms with Gasteiger partial charge in [-0.1, -0.05) is 0 Å². The van der Waals surface area contributed by atoms with Crippen LogP contribution in [0.15, 0.2) is 53.2 Å². The summed E-state index contributed by atoms with van der Waals surface area (Å²) in [7, 11) is 0. The summed E-state index contributed by atoms with van der Waals surface area (Å²) < 4.78 is 5.09. The van der Waals surface area contributed by atoms with Crippen molar-refractivity contribution in [1.82, 2.24) is 0 Å². The lowest BCUT2D eigenvalue weighted by molar-refractivity contribution is -0.115. The van der Waals surface area contributed by atoms with Gasteiger partial charge in [0, 0.05) is 11.3 Å². The number of allylic oxidation sites excluding steroid dienone is 1. The van der Waals surface area contributed by atoms with E-state index in [0.717, 1.165) is 0 Å². The minimum atomic E-state index is -0.380. The van der Waals surface area contributed by atoms with E-state index in [2.05, 4.69) is 5.32 Å². The standard InChI is InChI=1S/C16H12N2O3/c17-10-9-16(20)18-13-5-3-12(4-6-13)15(19)8-7-14-2-1-11-21-14/h1-8,11H,9H2,(H,18,20)/b8-7+. The lowest BCUT2D eigenvalue weighted by Gasteiger charge is -2.03. The molecular formula is C16H12N2O3. The highest BCUT2D eigenvalue weighted by Gasteiger charge is 2.04. The molecule has 1 aromatic carbocycles. The monoisotopic (exact) mass is 280 g/mol. The van der Waals surface area contributed by atoms with Crippen LogP contribution in [0, 0.1) is 11.3 Å². The number of furan rings is 1. The second-order valence-corrected chi connectivity index (χ2v) is 4.17. The second-order valence-electron chi connectivity index (χ2n) is 4.17. The first-order valence-electron chi connectivity index (χ1n) is 6.22. The number of nitrogens with zero attached hydrogens (tertiary/aromatic N) is 1. The highest BCUT2D eigenvalue weighted by Crippen LogP contribution is 2.12. The molecule has 5 nitrogen and oxygen atoms in total. The van der Waals surface area contributed by atoms with Crippen LogP contribution in [0.25, 0.3) is 6.08 Å². The van der Waals surface area contributed by atoms with Gasteiger partial charge in [0.2, 0.25) is 5.91 Å². The van der Waals surface area contributed by atoms with E-state index in [-0.39, 0.29) is 18.1 Å². The van der Waals surface area contributed by atoms with Crippen LogP contribution in [-0.4, -0.2) is 11.7 Å². The van der Waals surface area contributed by atoms with Crippen molar-refractivity contribution in [2.75, 3.05) is 5.32 Å². The minimum absolute atomic E-state index is 0.165. The molecule has 104 valence electrons. The van der Waals surface area contributed by atoms with Gasteiger partial charge < -0.3 is 9.73 Å². The van der Waals surface area contributed by atoms with Crippen LogP contribution in [0.5, 0.6) is 0 Å². The number of nitrogens with one attached hydrogen (secondary N) is 1. The van der Waals surface area contributed by atoms with Crippen molar-refractivity contribution in [2.45, 2.75) is 6.42 Å². The Balaban J connectivity index is 2.00. The smallest absolute Gasteiger partial charge is 0.238 e. The quantitative estimate of drug-likeness (QED) is 0.674. The summed E-state index contributed by atoms with van der Waals surface area (Å²) in [5.41, 5.74) is 1.04. The van der Waals surface area contributed by atoms with Crippen LogP contribution in [0.1, 0.15) is 22.5 Å². The van der Waals surface area contributed by atoms with Gasteiger partial charge in [0.1, 0.15) is 12.2 Å². The average Bonchev–Trinajstić information content (AvgIpc) is 2.99. The summed E-state index contributed by atoms with van der Waals surface area (Å²) in [5.74, 6) is 0.0549. The third kappa shape index (κ3) is 4.18. The Labute approximate surface area is 121 Å². The summed E-state index contributed by atoms with van der Waals surface area (Å²) in [6, 6.07) is 11.7. The highest BCUT2D eigenvalue weighted by atomic mass is 16.3. The van der Waals surface area contributed by atoms with Gasteiger partial charge in [-0.3, -0.25) is 9.59 Å². The molecule has 1 aromatic heterocycles. The highest BCUT2D eigenvalue weighted by molar-refractivity contribution is 6.07. The van der Waals surface area contributed by atoms with Gasteiger partial charge in [-0.05, 0) is 48.6 Å². The van der Waals surface area contributed by atoms with Crippen LogP contribution in [0.2, 0.25) is 0 Å². The van der Waals surface area contributed by atoms with Crippen LogP contribution < -0.4 is 5.32 Å². The van der Waals surface area contributed by atoms with Gasteiger partial charge in [0.15, 0.2) is 5.78 Å². The number of rotatable bonds is 5. The van der Waals surface area contributed by atoms with Crippen molar-refractivity contribution in [3.05, 3.63) is 60.1 Å². The van der Waals surface area contributed by atoms with E-state index >= 15 is 0 Å². The van der Waals surface area contributed by atoms with Gasteiger partial charge in [0.25, 0.3) is 0 Å². The predicted molar refractivity (Wildman–Crippen MR) is 77.4 cm³/mol. The van der Waals surface area contributed by atoms with Crippen LogP contribution >= 0.6 is 0 Å². The summed E-state index contributed by atoms with van der Waals surface area (Å²) in [6.07, 6.45) is 4.34. The van der Waals surface area contributed by atoms with Crippen molar-refractivity contribution in [3.8, 4) is 6.07 Å². The van der Waals surface area contributed by atoms with E-state index < -0.39 is 0 Å².